The summed E-state index contributed by atoms with van der Waals surface area (Å²) in [7, 11) is 0. The average molecular weight is 299 g/mol. The molecule has 0 aliphatic heterocycles. The molecule has 2 heteroatoms. The van der Waals surface area contributed by atoms with E-state index in [4.69, 9.17) is 5.73 Å². The SMILES string of the molecule is Cc1ccc(C(SCc2cc(C)cc(C)c2)C(C)N)cc1. The van der Waals surface area contributed by atoms with Crippen molar-refractivity contribution >= 4 is 11.8 Å². The number of nitrogens with two attached hydrogens (primary N) is 1. The molecule has 2 N–H and O–H groups in total. The van der Waals surface area contributed by atoms with E-state index in [0.717, 1.165) is 5.75 Å². The maximum absolute atomic E-state index is 6.21. The van der Waals surface area contributed by atoms with Gasteiger partial charge in [0.15, 0.2) is 0 Å². The molecule has 2 atom stereocenters. The molecule has 0 bridgehead atoms. The van der Waals surface area contributed by atoms with Gasteiger partial charge in [0.1, 0.15) is 0 Å². The normalized spacial score (nSPS) is 14.0. The van der Waals surface area contributed by atoms with E-state index in [2.05, 4.69) is 70.2 Å². The molecule has 2 aromatic rings. The van der Waals surface area contributed by atoms with Crippen LogP contribution in [-0.4, -0.2) is 6.04 Å². The first-order valence-corrected chi connectivity index (χ1v) is 8.51. The first-order valence-electron chi connectivity index (χ1n) is 7.46. The summed E-state index contributed by atoms with van der Waals surface area (Å²) >= 11 is 1.93. The molecule has 2 unspecified atom stereocenters. The molecular formula is C19H25NS. The molecule has 0 aliphatic carbocycles. The van der Waals surface area contributed by atoms with Gasteiger partial charge in [0.2, 0.25) is 0 Å². The van der Waals surface area contributed by atoms with Gasteiger partial charge in [-0.3, -0.25) is 0 Å². The van der Waals surface area contributed by atoms with Gasteiger partial charge in [-0.1, -0.05) is 59.2 Å². The third kappa shape index (κ3) is 4.62. The lowest BCUT2D eigenvalue weighted by Gasteiger charge is -2.21. The second-order valence-corrected chi connectivity index (χ2v) is 7.13. The summed E-state index contributed by atoms with van der Waals surface area (Å²) in [4.78, 5) is 0. The Morgan fingerprint density at radius 2 is 1.48 bits per heavy atom. The largest absolute Gasteiger partial charge is 0.327 e. The fourth-order valence-electron chi connectivity index (χ4n) is 2.65. The number of rotatable bonds is 5. The second kappa shape index (κ2) is 7.15. The van der Waals surface area contributed by atoms with E-state index in [1.807, 2.05) is 11.8 Å². The quantitative estimate of drug-likeness (QED) is 0.847. The fraction of sp³-hybridized carbons (Fsp3) is 0.368. The van der Waals surface area contributed by atoms with Crippen molar-refractivity contribution in [1.82, 2.24) is 0 Å². The molecule has 1 nitrogen and oxygen atoms in total. The summed E-state index contributed by atoms with van der Waals surface area (Å²) in [6.45, 7) is 8.53. The van der Waals surface area contributed by atoms with Gasteiger partial charge in [-0.25, -0.2) is 0 Å². The number of thioether (sulfide) groups is 1. The minimum absolute atomic E-state index is 0.142. The summed E-state index contributed by atoms with van der Waals surface area (Å²) in [5.74, 6) is 1.00. The first-order chi connectivity index (χ1) is 9.95. The minimum atomic E-state index is 0.142. The van der Waals surface area contributed by atoms with E-state index >= 15 is 0 Å². The van der Waals surface area contributed by atoms with Crippen molar-refractivity contribution in [1.29, 1.82) is 0 Å². The van der Waals surface area contributed by atoms with Gasteiger partial charge in [0.25, 0.3) is 0 Å². The van der Waals surface area contributed by atoms with Gasteiger partial charge < -0.3 is 5.73 Å². The summed E-state index contributed by atoms with van der Waals surface area (Å²) in [5, 5.41) is 0.339. The van der Waals surface area contributed by atoms with Crippen molar-refractivity contribution in [2.24, 2.45) is 5.73 Å². The third-order valence-electron chi connectivity index (χ3n) is 3.59. The zero-order valence-corrected chi connectivity index (χ0v) is 14.2. The van der Waals surface area contributed by atoms with Crippen molar-refractivity contribution in [3.8, 4) is 0 Å². The maximum atomic E-state index is 6.21. The van der Waals surface area contributed by atoms with E-state index in [-0.39, 0.29) is 6.04 Å². The summed E-state index contributed by atoms with van der Waals surface area (Å²) in [5.41, 5.74) is 12.9. The summed E-state index contributed by atoms with van der Waals surface area (Å²) in [6.07, 6.45) is 0. The molecule has 2 rings (SSSR count). The van der Waals surface area contributed by atoms with E-state index < -0.39 is 0 Å². The van der Waals surface area contributed by atoms with Crippen LogP contribution in [0.5, 0.6) is 0 Å². The number of benzene rings is 2. The highest BCUT2D eigenvalue weighted by atomic mass is 32.2. The van der Waals surface area contributed by atoms with Gasteiger partial charge in [-0.15, -0.1) is 11.8 Å². The Morgan fingerprint density at radius 3 is 2.00 bits per heavy atom. The molecule has 0 saturated carbocycles. The Labute approximate surface area is 133 Å². The van der Waals surface area contributed by atoms with Gasteiger partial charge in [0, 0.05) is 17.0 Å². The van der Waals surface area contributed by atoms with Crippen LogP contribution in [0.2, 0.25) is 0 Å². The highest BCUT2D eigenvalue weighted by molar-refractivity contribution is 7.98. The van der Waals surface area contributed by atoms with E-state index in [1.165, 1.54) is 27.8 Å². The molecule has 0 amide bonds. The lowest BCUT2D eigenvalue weighted by Crippen LogP contribution is -2.22. The van der Waals surface area contributed by atoms with Gasteiger partial charge >= 0.3 is 0 Å². The lowest BCUT2D eigenvalue weighted by atomic mass is 10.1. The predicted octanol–water partition coefficient (Wildman–Crippen LogP) is 4.93. The van der Waals surface area contributed by atoms with E-state index in [1.54, 1.807) is 0 Å². The second-order valence-electron chi connectivity index (χ2n) is 6.00. The van der Waals surface area contributed by atoms with Crippen LogP contribution < -0.4 is 5.73 Å². The van der Waals surface area contributed by atoms with Crippen LogP contribution in [0.25, 0.3) is 0 Å². The fourth-order valence-corrected chi connectivity index (χ4v) is 3.84. The number of aryl methyl sites for hydroxylation is 3. The predicted molar refractivity (Wildman–Crippen MR) is 94.8 cm³/mol. The summed E-state index contributed by atoms with van der Waals surface area (Å²) < 4.78 is 0. The first kappa shape index (κ1) is 16.1. The molecule has 0 fully saturated rings. The molecule has 112 valence electrons. The third-order valence-corrected chi connectivity index (χ3v) is 5.16. The molecule has 0 heterocycles. The molecule has 0 spiro atoms. The molecule has 0 radical (unpaired) electrons. The molecule has 0 aromatic heterocycles. The van der Waals surface area contributed by atoms with Crippen LogP contribution in [0, 0.1) is 20.8 Å². The highest BCUT2D eigenvalue weighted by Crippen LogP contribution is 2.34. The van der Waals surface area contributed by atoms with Gasteiger partial charge in [0.05, 0.1) is 0 Å². The number of hydrogen-bond acceptors (Lipinski definition) is 2. The monoisotopic (exact) mass is 299 g/mol. The average Bonchev–Trinajstić information content (AvgIpc) is 2.39. The zero-order valence-electron chi connectivity index (χ0n) is 13.4. The number of hydrogen-bond donors (Lipinski definition) is 1. The Morgan fingerprint density at radius 1 is 0.905 bits per heavy atom. The molecule has 2 aromatic carbocycles. The lowest BCUT2D eigenvalue weighted by molar-refractivity contribution is 0.721. The van der Waals surface area contributed by atoms with Crippen molar-refractivity contribution < 1.29 is 0 Å². The van der Waals surface area contributed by atoms with E-state index in [0.29, 0.717) is 5.25 Å². The smallest absolute Gasteiger partial charge is 0.0448 e. The van der Waals surface area contributed by atoms with Crippen LogP contribution in [0.3, 0.4) is 0 Å². The van der Waals surface area contributed by atoms with Gasteiger partial charge in [-0.2, -0.15) is 0 Å². The standard InChI is InChI=1S/C19H25NS/c1-13-5-7-18(8-6-13)19(16(4)20)21-12-17-10-14(2)9-15(3)11-17/h5-11,16,19H,12,20H2,1-4H3. The van der Waals surface area contributed by atoms with Crippen LogP contribution >= 0.6 is 11.8 Å². The van der Waals surface area contributed by atoms with E-state index in [9.17, 15) is 0 Å². The molecule has 0 saturated heterocycles. The zero-order chi connectivity index (χ0) is 15.4. The Hall–Kier alpha value is -1.25. The topological polar surface area (TPSA) is 26.0 Å². The van der Waals surface area contributed by atoms with Crippen molar-refractivity contribution in [2.75, 3.05) is 0 Å². The Balaban J connectivity index is 2.11. The van der Waals surface area contributed by atoms with Crippen LogP contribution in [-0.2, 0) is 5.75 Å². The van der Waals surface area contributed by atoms with Crippen molar-refractivity contribution in [3.05, 3.63) is 70.3 Å². The van der Waals surface area contributed by atoms with Crippen LogP contribution in [0.15, 0.2) is 42.5 Å². The Bertz CT molecular complexity index is 567. The minimum Gasteiger partial charge on any atom is -0.327 e. The van der Waals surface area contributed by atoms with Crippen LogP contribution in [0.1, 0.15) is 40.0 Å². The maximum Gasteiger partial charge on any atom is 0.0448 e. The van der Waals surface area contributed by atoms with Crippen molar-refractivity contribution in [2.45, 2.75) is 44.7 Å². The van der Waals surface area contributed by atoms with Crippen molar-refractivity contribution in [3.63, 3.8) is 0 Å². The Kier molecular flexibility index (Phi) is 5.49. The van der Waals surface area contributed by atoms with Gasteiger partial charge in [-0.05, 0) is 38.8 Å². The van der Waals surface area contributed by atoms with Crippen LogP contribution in [0.4, 0.5) is 0 Å². The molecule has 21 heavy (non-hydrogen) atoms. The molecule has 0 aliphatic rings. The highest BCUT2D eigenvalue weighted by Gasteiger charge is 2.16. The summed E-state index contributed by atoms with van der Waals surface area (Å²) in [6, 6.07) is 15.7. The molecular weight excluding hydrogens is 274 g/mol.